The van der Waals surface area contributed by atoms with Crippen LogP contribution in [0.4, 0.5) is 32.0 Å². The minimum absolute atomic E-state index is 0.0311. The van der Waals surface area contributed by atoms with Crippen LogP contribution in [-0.2, 0) is 21.9 Å². The number of anilines is 1. The Morgan fingerprint density at radius 1 is 0.925 bits per heavy atom. The Morgan fingerprint density at radius 3 is 2.08 bits per heavy atom. The first-order valence-electron chi connectivity index (χ1n) is 12.2. The van der Waals surface area contributed by atoms with Gasteiger partial charge in [0.2, 0.25) is 5.91 Å². The summed E-state index contributed by atoms with van der Waals surface area (Å²) in [4.78, 5) is 27.9. The van der Waals surface area contributed by atoms with Crippen molar-refractivity contribution in [1.29, 1.82) is 0 Å². The van der Waals surface area contributed by atoms with E-state index in [4.69, 9.17) is 0 Å². The first-order valence-corrected chi connectivity index (χ1v) is 12.2. The zero-order chi connectivity index (χ0) is 29.4. The number of fused-ring (bicyclic) bond motifs is 3. The monoisotopic (exact) mass is 565 g/mol. The first-order chi connectivity index (χ1) is 18.7. The van der Waals surface area contributed by atoms with Gasteiger partial charge < -0.3 is 20.6 Å². The highest BCUT2D eigenvalue weighted by atomic mass is 19.4. The number of rotatable bonds is 6. The molecule has 1 heterocycles. The molecule has 1 aliphatic rings. The molecule has 6 nitrogen and oxygen atoms in total. The third-order valence-electron chi connectivity index (χ3n) is 6.70. The van der Waals surface area contributed by atoms with E-state index in [1.807, 2.05) is 18.2 Å². The van der Waals surface area contributed by atoms with Gasteiger partial charge in [0, 0.05) is 19.2 Å². The summed E-state index contributed by atoms with van der Waals surface area (Å²) in [6.07, 6.45) is -11.9. The molecule has 0 radical (unpaired) electrons. The van der Waals surface area contributed by atoms with E-state index in [-0.39, 0.29) is 6.07 Å². The van der Waals surface area contributed by atoms with Crippen LogP contribution in [-0.4, -0.2) is 36.6 Å². The van der Waals surface area contributed by atoms with Crippen LogP contribution in [0.25, 0.3) is 11.1 Å². The van der Waals surface area contributed by atoms with E-state index in [1.165, 1.54) is 11.8 Å². The van der Waals surface area contributed by atoms with Gasteiger partial charge >= 0.3 is 12.4 Å². The van der Waals surface area contributed by atoms with Crippen molar-refractivity contribution in [2.24, 2.45) is 0 Å². The number of amides is 2. The summed E-state index contributed by atoms with van der Waals surface area (Å²) in [5.41, 5.74) is -1.01. The second-order valence-corrected chi connectivity index (χ2v) is 9.43. The van der Waals surface area contributed by atoms with E-state index >= 15 is 0 Å². The number of benzene rings is 3. The summed E-state index contributed by atoms with van der Waals surface area (Å²) in [5.74, 6) is -1.08. The molecule has 3 unspecified atom stereocenters. The molecular weight excluding hydrogens is 540 g/mol. The second kappa shape index (κ2) is 10.9. The van der Waals surface area contributed by atoms with Crippen molar-refractivity contribution in [3.8, 4) is 11.1 Å². The Balaban J connectivity index is 1.51. The van der Waals surface area contributed by atoms with Crippen LogP contribution >= 0.6 is 0 Å². The molecule has 3 N–H and O–H groups in total. The Kier molecular flexibility index (Phi) is 7.95. The molecule has 40 heavy (non-hydrogen) atoms. The highest BCUT2D eigenvalue weighted by Crippen LogP contribution is 2.40. The van der Waals surface area contributed by atoms with Crippen molar-refractivity contribution in [3.63, 3.8) is 0 Å². The molecule has 1 aliphatic heterocycles. The lowest BCUT2D eigenvalue weighted by molar-refractivity contribution is -0.143. The van der Waals surface area contributed by atoms with Crippen molar-refractivity contribution >= 4 is 17.5 Å². The van der Waals surface area contributed by atoms with Crippen molar-refractivity contribution in [2.75, 3.05) is 18.5 Å². The third kappa shape index (κ3) is 5.97. The summed E-state index contributed by atoms with van der Waals surface area (Å²) in [6, 6.07) is 13.0. The maximum atomic E-state index is 13.4. The number of carbonyl (C=O) groups excluding carboxylic acids is 2. The normalized spacial score (nSPS) is 17.0. The molecular formula is C28H25F6N3O3. The maximum Gasteiger partial charge on any atom is 0.416 e. The highest BCUT2D eigenvalue weighted by molar-refractivity contribution is 6.06. The van der Waals surface area contributed by atoms with Crippen LogP contribution in [0.2, 0.25) is 0 Å². The van der Waals surface area contributed by atoms with Crippen molar-refractivity contribution in [1.82, 2.24) is 10.6 Å². The molecule has 2 amide bonds. The molecule has 0 aromatic heterocycles. The van der Waals surface area contributed by atoms with E-state index < -0.39 is 65.6 Å². The minimum Gasteiger partial charge on any atom is -0.387 e. The van der Waals surface area contributed by atoms with Crippen LogP contribution in [0.15, 0.2) is 66.7 Å². The zero-order valence-corrected chi connectivity index (χ0v) is 21.3. The quantitative estimate of drug-likeness (QED) is 0.358. The van der Waals surface area contributed by atoms with Gasteiger partial charge in [0.25, 0.3) is 5.91 Å². The van der Waals surface area contributed by atoms with Gasteiger partial charge in [-0.15, -0.1) is 0 Å². The smallest absolute Gasteiger partial charge is 0.387 e. The molecule has 0 saturated carbocycles. The average molecular weight is 566 g/mol. The minimum atomic E-state index is -5.06. The van der Waals surface area contributed by atoms with Gasteiger partial charge in [-0.05, 0) is 47.9 Å². The summed E-state index contributed by atoms with van der Waals surface area (Å²) in [5, 5.41) is 15.7. The molecule has 0 spiro atoms. The fraction of sp³-hybridized carbons (Fsp3) is 0.286. The SMILES string of the molecule is CC(NCC(O)c1cc(C(F)(F)F)cc(C(F)(F)F)c1)C(=O)NC1C(=O)N(C)c2ccccc2-c2ccccc21. The fourth-order valence-corrected chi connectivity index (χ4v) is 4.51. The van der Waals surface area contributed by atoms with Crippen LogP contribution in [0.3, 0.4) is 0 Å². The predicted octanol–water partition coefficient (Wildman–Crippen LogP) is 5.24. The third-order valence-corrected chi connectivity index (χ3v) is 6.70. The van der Waals surface area contributed by atoms with Gasteiger partial charge in [-0.25, -0.2) is 0 Å². The number of hydrogen-bond acceptors (Lipinski definition) is 4. The molecule has 3 atom stereocenters. The molecule has 3 aromatic rings. The number of alkyl halides is 6. The second-order valence-electron chi connectivity index (χ2n) is 9.43. The van der Waals surface area contributed by atoms with Crippen LogP contribution in [0.1, 0.15) is 41.3 Å². The number of aliphatic hydroxyl groups is 1. The number of nitrogens with one attached hydrogen (secondary N) is 2. The van der Waals surface area contributed by atoms with Gasteiger partial charge in [-0.1, -0.05) is 42.5 Å². The Morgan fingerprint density at radius 2 is 1.48 bits per heavy atom. The fourth-order valence-electron chi connectivity index (χ4n) is 4.51. The van der Waals surface area contributed by atoms with E-state index in [2.05, 4.69) is 10.6 Å². The van der Waals surface area contributed by atoms with E-state index in [0.29, 0.717) is 23.4 Å². The summed E-state index contributed by atoms with van der Waals surface area (Å²) in [7, 11) is 1.58. The molecule has 0 saturated heterocycles. The lowest BCUT2D eigenvalue weighted by Crippen LogP contribution is -2.48. The Labute approximate surface area is 225 Å². The van der Waals surface area contributed by atoms with Crippen molar-refractivity contribution < 1.29 is 41.0 Å². The lowest BCUT2D eigenvalue weighted by atomic mass is 9.95. The van der Waals surface area contributed by atoms with Crippen LogP contribution in [0.5, 0.6) is 0 Å². The predicted molar refractivity (Wildman–Crippen MR) is 135 cm³/mol. The number of carbonyl (C=O) groups is 2. The topological polar surface area (TPSA) is 81.7 Å². The molecule has 0 fully saturated rings. The number of hydrogen-bond donors (Lipinski definition) is 3. The van der Waals surface area contributed by atoms with Crippen molar-refractivity contribution in [3.05, 3.63) is 89.0 Å². The summed E-state index contributed by atoms with van der Waals surface area (Å²) >= 11 is 0. The van der Waals surface area contributed by atoms with Crippen LogP contribution in [0, 0.1) is 0 Å². The van der Waals surface area contributed by atoms with E-state index in [9.17, 15) is 41.0 Å². The average Bonchev–Trinajstić information content (AvgIpc) is 3.00. The number of aliphatic hydroxyl groups excluding tert-OH is 1. The molecule has 4 rings (SSSR count). The molecule has 3 aromatic carbocycles. The van der Waals surface area contributed by atoms with Gasteiger partial charge in [0.05, 0.1) is 29.0 Å². The standard InChI is InChI=1S/C28H25F6N3O3/c1-15(35-14-23(38)16-11-17(27(29,30)31)13-18(12-16)28(32,33)34)25(39)36-24-21-9-4-3-7-19(21)20-8-5-6-10-22(20)37(2)26(24)40/h3-13,15,23-24,35,38H,14H2,1-2H3,(H,36,39). The van der Waals surface area contributed by atoms with Crippen LogP contribution < -0.4 is 15.5 Å². The zero-order valence-electron chi connectivity index (χ0n) is 21.3. The Hall–Kier alpha value is -3.90. The molecule has 12 heteroatoms. The van der Waals surface area contributed by atoms with Crippen molar-refractivity contribution in [2.45, 2.75) is 37.5 Å². The lowest BCUT2D eigenvalue weighted by Gasteiger charge is -2.25. The van der Waals surface area contributed by atoms with Gasteiger partial charge in [0.15, 0.2) is 0 Å². The molecule has 212 valence electrons. The number of nitrogens with zero attached hydrogens (tertiary/aromatic N) is 1. The van der Waals surface area contributed by atoms with Gasteiger partial charge in [0.1, 0.15) is 6.04 Å². The molecule has 0 bridgehead atoms. The van der Waals surface area contributed by atoms with Gasteiger partial charge in [-0.2, -0.15) is 26.3 Å². The maximum absolute atomic E-state index is 13.4. The number of likely N-dealkylation sites (N-methyl/N-ethyl adjacent to an activating group) is 1. The first kappa shape index (κ1) is 29.1. The van der Waals surface area contributed by atoms with E-state index in [0.717, 1.165) is 11.1 Å². The van der Waals surface area contributed by atoms with Gasteiger partial charge in [-0.3, -0.25) is 9.59 Å². The van der Waals surface area contributed by atoms with E-state index in [1.54, 1.807) is 37.4 Å². The summed E-state index contributed by atoms with van der Waals surface area (Å²) < 4.78 is 79.0. The highest BCUT2D eigenvalue weighted by Gasteiger charge is 2.38. The largest absolute Gasteiger partial charge is 0.416 e. The number of halogens is 6. The Bertz CT molecular complexity index is 1390. The number of para-hydroxylation sites is 1. The summed E-state index contributed by atoms with van der Waals surface area (Å²) in [6.45, 7) is 0.856. The molecule has 0 aliphatic carbocycles.